The molecular weight excluding hydrogens is 508 g/mol. The molecule has 2 heterocycles. The van der Waals surface area contributed by atoms with Gasteiger partial charge in [0.25, 0.3) is 5.91 Å². The first kappa shape index (κ1) is 28.5. The number of carbonyl (C=O) groups is 2. The number of pyridine rings is 1. The molecule has 9 heteroatoms. The highest BCUT2D eigenvalue weighted by molar-refractivity contribution is 5.97. The zero-order chi connectivity index (χ0) is 28.6. The van der Waals surface area contributed by atoms with E-state index >= 15 is 0 Å². The van der Waals surface area contributed by atoms with Gasteiger partial charge >= 0.3 is 6.03 Å². The number of nitrogens with zero attached hydrogens (tertiary/aromatic N) is 3. The Bertz CT molecular complexity index is 1400. The number of ether oxygens (including phenoxy) is 2. The van der Waals surface area contributed by atoms with E-state index in [1.807, 2.05) is 37.3 Å². The SMILES string of the molecule is COc1cccc(NC(=O)N(C)C[C@H]2Oc3ncc(C#Cc4ccccc4)cc3C(=O)N([C@@H](C)CO)C[C@@H]2C)c1. The normalized spacial score (nSPS) is 17.2. The number of rotatable bonds is 6. The summed E-state index contributed by atoms with van der Waals surface area (Å²) >= 11 is 0. The van der Waals surface area contributed by atoms with Gasteiger partial charge in [0.15, 0.2) is 0 Å². The maximum absolute atomic E-state index is 13.6. The fraction of sp³-hybridized carbons (Fsp3) is 0.323. The van der Waals surface area contributed by atoms with Gasteiger partial charge in [0.05, 0.1) is 26.3 Å². The lowest BCUT2D eigenvalue weighted by Crippen LogP contribution is -2.50. The summed E-state index contributed by atoms with van der Waals surface area (Å²) in [5.74, 6) is 6.49. The first-order chi connectivity index (χ1) is 19.3. The van der Waals surface area contributed by atoms with Crippen molar-refractivity contribution in [3.05, 3.63) is 83.6 Å². The number of methoxy groups -OCH3 is 1. The number of hydrogen-bond acceptors (Lipinski definition) is 6. The Hall–Kier alpha value is -4.55. The Morgan fingerprint density at radius 1 is 1.20 bits per heavy atom. The average Bonchev–Trinajstić information content (AvgIpc) is 2.98. The summed E-state index contributed by atoms with van der Waals surface area (Å²) < 4.78 is 11.5. The van der Waals surface area contributed by atoms with Crippen LogP contribution in [0.15, 0.2) is 66.9 Å². The van der Waals surface area contributed by atoms with Crippen molar-refractivity contribution in [1.82, 2.24) is 14.8 Å². The molecule has 0 fully saturated rings. The van der Waals surface area contributed by atoms with Crippen molar-refractivity contribution in [2.24, 2.45) is 5.92 Å². The van der Waals surface area contributed by atoms with Crippen molar-refractivity contribution in [3.63, 3.8) is 0 Å². The smallest absolute Gasteiger partial charge is 0.321 e. The molecule has 0 bridgehead atoms. The monoisotopic (exact) mass is 542 g/mol. The molecule has 2 N–H and O–H groups in total. The second kappa shape index (κ2) is 13.0. The van der Waals surface area contributed by atoms with E-state index in [9.17, 15) is 14.7 Å². The number of aromatic nitrogens is 1. The number of fused-ring (bicyclic) bond motifs is 1. The molecule has 208 valence electrons. The molecule has 2 aromatic carbocycles. The van der Waals surface area contributed by atoms with Gasteiger partial charge in [0.2, 0.25) is 5.88 Å². The predicted molar refractivity (Wildman–Crippen MR) is 152 cm³/mol. The molecule has 3 amide bonds. The van der Waals surface area contributed by atoms with Crippen LogP contribution in [0.3, 0.4) is 0 Å². The fourth-order valence-corrected chi connectivity index (χ4v) is 4.33. The van der Waals surface area contributed by atoms with Crippen molar-refractivity contribution >= 4 is 17.6 Å². The first-order valence-electron chi connectivity index (χ1n) is 13.1. The molecule has 3 aromatic rings. The van der Waals surface area contributed by atoms with Crippen LogP contribution in [0.2, 0.25) is 0 Å². The Labute approximate surface area is 234 Å². The highest BCUT2D eigenvalue weighted by Crippen LogP contribution is 2.27. The topological polar surface area (TPSA) is 104 Å². The summed E-state index contributed by atoms with van der Waals surface area (Å²) in [5.41, 5.74) is 2.28. The van der Waals surface area contributed by atoms with Crippen LogP contribution < -0.4 is 14.8 Å². The number of anilines is 1. The second-order valence-electron chi connectivity index (χ2n) is 9.86. The first-order valence-corrected chi connectivity index (χ1v) is 13.1. The number of hydrogen-bond donors (Lipinski definition) is 2. The number of aliphatic hydroxyl groups is 1. The number of aliphatic hydroxyl groups excluding tert-OH is 1. The molecule has 0 saturated carbocycles. The Balaban J connectivity index is 1.59. The van der Waals surface area contributed by atoms with E-state index in [2.05, 4.69) is 22.1 Å². The standard InChI is InChI=1S/C31H34N4O5/c1-21-18-35(22(2)20-36)30(37)27-15-24(14-13-23-9-6-5-7-10-23)17-32-29(27)40-28(21)19-34(3)31(38)33-25-11-8-12-26(16-25)39-4/h5-12,15-17,21-22,28,36H,18-20H2,1-4H3,(H,33,38)/t21-,22-,28+/m0/s1. The van der Waals surface area contributed by atoms with Gasteiger partial charge in [-0.1, -0.05) is 43.0 Å². The summed E-state index contributed by atoms with van der Waals surface area (Å²) in [6, 6.07) is 17.6. The summed E-state index contributed by atoms with van der Waals surface area (Å²) in [6.07, 6.45) is 1.10. The zero-order valence-corrected chi connectivity index (χ0v) is 23.1. The van der Waals surface area contributed by atoms with Gasteiger partial charge in [-0.05, 0) is 37.3 Å². The van der Waals surface area contributed by atoms with Gasteiger partial charge in [-0.2, -0.15) is 0 Å². The van der Waals surface area contributed by atoms with E-state index in [0.29, 0.717) is 23.5 Å². The molecule has 0 unspecified atom stereocenters. The van der Waals surface area contributed by atoms with Gasteiger partial charge in [-0.25, -0.2) is 9.78 Å². The molecule has 0 radical (unpaired) electrons. The van der Waals surface area contributed by atoms with Crippen molar-refractivity contribution in [1.29, 1.82) is 0 Å². The lowest BCUT2D eigenvalue weighted by Gasteiger charge is -2.37. The van der Waals surface area contributed by atoms with Crippen LogP contribution in [0, 0.1) is 17.8 Å². The van der Waals surface area contributed by atoms with Gasteiger partial charge in [-0.15, -0.1) is 0 Å². The average molecular weight is 543 g/mol. The molecule has 0 aliphatic carbocycles. The van der Waals surface area contributed by atoms with Gasteiger partial charge < -0.3 is 29.7 Å². The highest BCUT2D eigenvalue weighted by atomic mass is 16.5. The lowest BCUT2D eigenvalue weighted by atomic mass is 10.00. The summed E-state index contributed by atoms with van der Waals surface area (Å²) in [4.78, 5) is 34.2. The van der Waals surface area contributed by atoms with E-state index in [1.54, 1.807) is 62.5 Å². The Morgan fingerprint density at radius 2 is 1.95 bits per heavy atom. The minimum atomic E-state index is -0.477. The maximum Gasteiger partial charge on any atom is 0.321 e. The van der Waals surface area contributed by atoms with Crippen LogP contribution in [0.4, 0.5) is 10.5 Å². The molecule has 1 aliphatic heterocycles. The zero-order valence-electron chi connectivity index (χ0n) is 23.1. The van der Waals surface area contributed by atoms with Gasteiger partial charge in [-0.3, -0.25) is 4.79 Å². The molecule has 0 spiro atoms. The fourth-order valence-electron chi connectivity index (χ4n) is 4.33. The van der Waals surface area contributed by atoms with Crippen LogP contribution in [0.25, 0.3) is 0 Å². The number of amides is 3. The summed E-state index contributed by atoms with van der Waals surface area (Å²) in [7, 11) is 3.25. The van der Waals surface area contributed by atoms with E-state index in [-0.39, 0.29) is 42.5 Å². The van der Waals surface area contributed by atoms with Crippen LogP contribution in [-0.4, -0.2) is 77.8 Å². The maximum atomic E-state index is 13.6. The van der Waals surface area contributed by atoms with Crippen LogP contribution in [0.5, 0.6) is 11.6 Å². The minimum absolute atomic E-state index is 0.169. The Morgan fingerprint density at radius 3 is 2.67 bits per heavy atom. The third kappa shape index (κ3) is 6.90. The molecule has 0 saturated heterocycles. The largest absolute Gasteiger partial charge is 0.497 e. The van der Waals surface area contributed by atoms with Crippen molar-refractivity contribution in [2.75, 3.05) is 39.2 Å². The summed E-state index contributed by atoms with van der Waals surface area (Å²) in [6.45, 7) is 4.12. The number of urea groups is 1. The third-order valence-electron chi connectivity index (χ3n) is 6.77. The molecule has 1 aliphatic rings. The quantitative estimate of drug-likeness (QED) is 0.459. The van der Waals surface area contributed by atoms with Crippen LogP contribution in [-0.2, 0) is 0 Å². The van der Waals surface area contributed by atoms with Crippen molar-refractivity contribution < 1.29 is 24.2 Å². The minimum Gasteiger partial charge on any atom is -0.497 e. The highest BCUT2D eigenvalue weighted by Gasteiger charge is 2.34. The van der Waals surface area contributed by atoms with Crippen LogP contribution in [0.1, 0.15) is 35.3 Å². The second-order valence-corrected chi connectivity index (χ2v) is 9.86. The molecule has 3 atom stereocenters. The lowest BCUT2D eigenvalue weighted by molar-refractivity contribution is 0.0356. The van der Waals surface area contributed by atoms with E-state index in [0.717, 1.165) is 5.56 Å². The van der Waals surface area contributed by atoms with Crippen molar-refractivity contribution in [2.45, 2.75) is 26.0 Å². The van der Waals surface area contributed by atoms with E-state index in [4.69, 9.17) is 9.47 Å². The summed E-state index contributed by atoms with van der Waals surface area (Å²) in [5, 5.41) is 12.8. The van der Waals surface area contributed by atoms with Gasteiger partial charge in [0.1, 0.15) is 17.4 Å². The number of benzene rings is 2. The third-order valence-corrected chi connectivity index (χ3v) is 6.77. The molecule has 9 nitrogen and oxygen atoms in total. The molecule has 4 rings (SSSR count). The Kier molecular flexibility index (Phi) is 9.25. The van der Waals surface area contributed by atoms with Crippen LogP contribution >= 0.6 is 0 Å². The number of nitrogens with one attached hydrogen (secondary N) is 1. The van der Waals surface area contributed by atoms with Crippen molar-refractivity contribution in [3.8, 4) is 23.5 Å². The molecule has 40 heavy (non-hydrogen) atoms. The number of carbonyl (C=O) groups excluding carboxylic acids is 2. The predicted octanol–water partition coefficient (Wildman–Crippen LogP) is 3.87. The molecule has 1 aromatic heterocycles. The van der Waals surface area contributed by atoms with E-state index < -0.39 is 12.1 Å². The number of likely N-dealkylation sites (N-methyl/N-ethyl adjacent to an activating group) is 1. The van der Waals surface area contributed by atoms with E-state index in [1.165, 1.54) is 4.90 Å². The molecular formula is C31H34N4O5. The van der Waals surface area contributed by atoms with Gasteiger partial charge in [0, 0.05) is 48.6 Å².